The van der Waals surface area contributed by atoms with Crippen molar-refractivity contribution < 1.29 is 14.6 Å². The predicted octanol–water partition coefficient (Wildman–Crippen LogP) is 3.31. The molecule has 5 heteroatoms. The van der Waals surface area contributed by atoms with Crippen LogP contribution in [-0.4, -0.2) is 41.8 Å². The van der Waals surface area contributed by atoms with E-state index in [1.807, 2.05) is 24.3 Å². The molecule has 0 aliphatic heterocycles. The summed E-state index contributed by atoms with van der Waals surface area (Å²) in [7, 11) is 1.72. The van der Waals surface area contributed by atoms with Crippen LogP contribution in [0.3, 0.4) is 0 Å². The number of nitrogens with one attached hydrogen (secondary N) is 1. The van der Waals surface area contributed by atoms with Crippen molar-refractivity contribution in [3.8, 4) is 5.75 Å². The van der Waals surface area contributed by atoms with Crippen molar-refractivity contribution in [2.24, 2.45) is 5.92 Å². The second-order valence-corrected chi connectivity index (χ2v) is 7.47. The van der Waals surface area contributed by atoms with Crippen molar-refractivity contribution in [2.75, 3.05) is 13.6 Å². The van der Waals surface area contributed by atoms with Gasteiger partial charge < -0.3 is 20.1 Å². The highest BCUT2D eigenvalue weighted by Crippen LogP contribution is 2.32. The predicted molar refractivity (Wildman–Crippen MR) is 97.5 cm³/mol. The van der Waals surface area contributed by atoms with Crippen LogP contribution in [0.15, 0.2) is 24.3 Å². The molecular formula is C20H30N2O3. The van der Waals surface area contributed by atoms with E-state index in [9.17, 15) is 9.90 Å². The number of nitrogens with zero attached hydrogens (tertiary/aromatic N) is 1. The van der Waals surface area contributed by atoms with E-state index >= 15 is 0 Å². The fraction of sp³-hybridized carbons (Fsp3) is 0.650. The van der Waals surface area contributed by atoms with Crippen molar-refractivity contribution in [2.45, 2.75) is 63.7 Å². The quantitative estimate of drug-likeness (QED) is 0.796. The zero-order valence-corrected chi connectivity index (χ0v) is 15.1. The Balaban J connectivity index is 1.40. The van der Waals surface area contributed by atoms with Gasteiger partial charge in [-0.3, -0.25) is 0 Å². The summed E-state index contributed by atoms with van der Waals surface area (Å²) >= 11 is 0. The standard InChI is InChI=1S/C20H30N2O3/c1-22(14-19(23)16-9-10-16)20(24)21-13-15-7-11-18(12-8-15)25-17-5-3-2-4-6-17/h7-8,11-12,16-17,19,23H,2-6,9-10,13-14H2,1H3,(H,21,24). The molecule has 1 atom stereocenters. The molecule has 1 aromatic carbocycles. The third-order valence-electron chi connectivity index (χ3n) is 5.20. The Kier molecular flexibility index (Phi) is 6.19. The monoisotopic (exact) mass is 346 g/mol. The molecule has 2 aliphatic rings. The number of benzene rings is 1. The Hall–Kier alpha value is -1.75. The molecule has 1 aromatic rings. The van der Waals surface area contributed by atoms with Crippen LogP contribution >= 0.6 is 0 Å². The average Bonchev–Trinajstić information content (AvgIpc) is 3.47. The van der Waals surface area contributed by atoms with Crippen LogP contribution < -0.4 is 10.1 Å². The molecule has 5 nitrogen and oxygen atoms in total. The van der Waals surface area contributed by atoms with Crippen molar-refractivity contribution in [3.05, 3.63) is 29.8 Å². The SMILES string of the molecule is CN(CC(O)C1CC1)C(=O)NCc1ccc(OC2CCCCC2)cc1. The van der Waals surface area contributed by atoms with Gasteiger partial charge in [0.1, 0.15) is 5.75 Å². The lowest BCUT2D eigenvalue weighted by molar-refractivity contribution is 0.113. The highest BCUT2D eigenvalue weighted by Gasteiger charge is 2.31. The molecule has 0 heterocycles. The highest BCUT2D eigenvalue weighted by atomic mass is 16.5. The minimum absolute atomic E-state index is 0.151. The van der Waals surface area contributed by atoms with Gasteiger partial charge in [-0.05, 0) is 62.1 Å². The Morgan fingerprint density at radius 3 is 2.52 bits per heavy atom. The summed E-state index contributed by atoms with van der Waals surface area (Å²) in [6, 6.07) is 7.81. The van der Waals surface area contributed by atoms with Crippen molar-refractivity contribution in [3.63, 3.8) is 0 Å². The first-order chi connectivity index (χ1) is 12.1. The van der Waals surface area contributed by atoms with Gasteiger partial charge in [-0.15, -0.1) is 0 Å². The molecule has 138 valence electrons. The number of carbonyl (C=O) groups is 1. The van der Waals surface area contributed by atoms with Crippen LogP contribution in [0.4, 0.5) is 4.79 Å². The summed E-state index contributed by atoms with van der Waals surface area (Å²) in [6.45, 7) is 0.872. The molecule has 0 spiro atoms. The van der Waals surface area contributed by atoms with E-state index in [1.165, 1.54) is 19.3 Å². The van der Waals surface area contributed by atoms with Gasteiger partial charge in [-0.1, -0.05) is 18.6 Å². The smallest absolute Gasteiger partial charge is 0.317 e. The molecule has 1 unspecified atom stereocenters. The maximum atomic E-state index is 12.1. The zero-order valence-electron chi connectivity index (χ0n) is 15.1. The number of carbonyl (C=O) groups excluding carboxylic acids is 1. The number of aliphatic hydroxyl groups is 1. The van der Waals surface area contributed by atoms with Gasteiger partial charge in [0.05, 0.1) is 12.2 Å². The number of aliphatic hydroxyl groups excluding tert-OH is 1. The maximum absolute atomic E-state index is 12.1. The first kappa shape index (κ1) is 18.1. The van der Waals surface area contributed by atoms with E-state index in [-0.39, 0.29) is 6.03 Å². The molecule has 0 aromatic heterocycles. The minimum atomic E-state index is -0.396. The molecule has 2 N–H and O–H groups in total. The topological polar surface area (TPSA) is 61.8 Å². The lowest BCUT2D eigenvalue weighted by Gasteiger charge is -2.23. The third kappa shape index (κ3) is 5.63. The van der Waals surface area contributed by atoms with Gasteiger partial charge in [0.2, 0.25) is 0 Å². The number of amides is 2. The van der Waals surface area contributed by atoms with E-state index in [0.29, 0.717) is 25.1 Å². The molecule has 0 radical (unpaired) electrons. The van der Waals surface area contributed by atoms with E-state index in [1.54, 1.807) is 11.9 Å². The molecule has 2 fully saturated rings. The average molecular weight is 346 g/mol. The lowest BCUT2D eigenvalue weighted by Crippen LogP contribution is -2.41. The molecular weight excluding hydrogens is 316 g/mol. The van der Waals surface area contributed by atoms with Gasteiger partial charge in [-0.2, -0.15) is 0 Å². The Morgan fingerprint density at radius 1 is 1.20 bits per heavy atom. The summed E-state index contributed by atoms with van der Waals surface area (Å²) in [6.07, 6.45) is 8.25. The number of likely N-dealkylation sites (N-methyl/N-ethyl adjacent to an activating group) is 1. The summed E-state index contributed by atoms with van der Waals surface area (Å²) in [4.78, 5) is 13.7. The van der Waals surface area contributed by atoms with Crippen molar-refractivity contribution >= 4 is 6.03 Å². The van der Waals surface area contributed by atoms with Crippen LogP contribution in [0, 0.1) is 5.92 Å². The van der Waals surface area contributed by atoms with Crippen LogP contribution in [-0.2, 0) is 6.54 Å². The van der Waals surface area contributed by atoms with Crippen molar-refractivity contribution in [1.29, 1.82) is 0 Å². The second kappa shape index (κ2) is 8.56. The lowest BCUT2D eigenvalue weighted by atomic mass is 9.98. The van der Waals surface area contributed by atoms with E-state index in [2.05, 4.69) is 5.32 Å². The molecule has 2 saturated carbocycles. The van der Waals surface area contributed by atoms with Crippen LogP contribution in [0.5, 0.6) is 5.75 Å². The van der Waals surface area contributed by atoms with Gasteiger partial charge in [0.15, 0.2) is 0 Å². The second-order valence-electron chi connectivity index (χ2n) is 7.47. The molecule has 0 bridgehead atoms. The van der Waals surface area contributed by atoms with Crippen LogP contribution in [0.1, 0.15) is 50.5 Å². The molecule has 2 aliphatic carbocycles. The zero-order chi connectivity index (χ0) is 17.6. The van der Waals surface area contributed by atoms with Crippen LogP contribution in [0.2, 0.25) is 0 Å². The van der Waals surface area contributed by atoms with E-state index in [0.717, 1.165) is 37.0 Å². The molecule has 0 saturated heterocycles. The fourth-order valence-corrected chi connectivity index (χ4v) is 3.37. The summed E-state index contributed by atoms with van der Waals surface area (Å²) in [5, 5.41) is 12.8. The van der Waals surface area contributed by atoms with Gasteiger partial charge in [-0.25, -0.2) is 4.79 Å². The summed E-state index contributed by atoms with van der Waals surface area (Å²) < 4.78 is 6.02. The molecule has 2 amide bonds. The number of hydrogen-bond acceptors (Lipinski definition) is 3. The van der Waals surface area contributed by atoms with Crippen LogP contribution in [0.25, 0.3) is 0 Å². The van der Waals surface area contributed by atoms with Gasteiger partial charge in [0, 0.05) is 20.1 Å². The highest BCUT2D eigenvalue weighted by molar-refractivity contribution is 5.73. The minimum Gasteiger partial charge on any atom is -0.490 e. The molecule has 3 rings (SSSR count). The number of ether oxygens (including phenoxy) is 1. The largest absolute Gasteiger partial charge is 0.490 e. The van der Waals surface area contributed by atoms with Gasteiger partial charge >= 0.3 is 6.03 Å². The summed E-state index contributed by atoms with van der Waals surface area (Å²) in [5.41, 5.74) is 1.04. The summed E-state index contributed by atoms with van der Waals surface area (Å²) in [5.74, 6) is 1.29. The Bertz CT molecular complexity index is 551. The number of rotatable bonds is 7. The Morgan fingerprint density at radius 2 is 1.88 bits per heavy atom. The van der Waals surface area contributed by atoms with Gasteiger partial charge in [0.25, 0.3) is 0 Å². The van der Waals surface area contributed by atoms with E-state index < -0.39 is 6.10 Å². The normalized spacial score (nSPS) is 19.3. The Labute approximate surface area is 150 Å². The third-order valence-corrected chi connectivity index (χ3v) is 5.20. The first-order valence-corrected chi connectivity index (χ1v) is 9.54. The number of urea groups is 1. The van der Waals surface area contributed by atoms with Crippen molar-refractivity contribution in [1.82, 2.24) is 10.2 Å². The fourth-order valence-electron chi connectivity index (χ4n) is 3.37. The number of hydrogen-bond donors (Lipinski definition) is 2. The first-order valence-electron chi connectivity index (χ1n) is 9.54. The molecule has 25 heavy (non-hydrogen) atoms. The maximum Gasteiger partial charge on any atom is 0.317 e. The van der Waals surface area contributed by atoms with E-state index in [4.69, 9.17) is 4.74 Å².